The molecule has 0 unspecified atom stereocenters. The fourth-order valence-corrected chi connectivity index (χ4v) is 5.39. The van der Waals surface area contributed by atoms with Crippen LogP contribution in [-0.4, -0.2) is 76.1 Å². The lowest BCUT2D eigenvalue weighted by molar-refractivity contribution is -0.146. The Morgan fingerprint density at radius 1 is 1.19 bits per heavy atom. The average Bonchev–Trinajstić information content (AvgIpc) is 3.15. The van der Waals surface area contributed by atoms with E-state index in [2.05, 4.69) is 20.9 Å². The van der Waals surface area contributed by atoms with Gasteiger partial charge in [0.15, 0.2) is 0 Å². The maximum atomic E-state index is 13.7. The number of Topliss-reactive ketones (excluding diaryl/α,β-unsaturated/α-hetero) is 1. The maximum absolute atomic E-state index is 13.7. The van der Waals surface area contributed by atoms with Crippen molar-refractivity contribution >= 4 is 29.4 Å². The Morgan fingerprint density at radius 2 is 1.84 bits per heavy atom. The van der Waals surface area contributed by atoms with Crippen molar-refractivity contribution in [2.24, 2.45) is 22.7 Å². The highest BCUT2D eigenvalue weighted by Crippen LogP contribution is 2.65. The number of nitrogens with one attached hydrogen (secondary N) is 3. The Bertz CT molecular complexity index is 1110. The minimum atomic E-state index is -1.28. The standard InChI is InChI=1S/C26H37N5O6/c1-13(32)29-20(25(2,3)4)24(37)31-12-15-17(26(15,5)6)18(31)22(35)30-16(19(33)23(36)27-7)11-14-9-8-10-28-21(14)34/h8-10,15-18,20H,11-12H2,1-7H3,(H,27,36)(H,28,34)(H,29,32)(H,30,35)/t15-,16-,17-,18-,20+/m0/s1. The Labute approximate surface area is 216 Å². The molecule has 11 heteroatoms. The number of fused-ring (bicyclic) bond motifs is 1. The molecular weight excluding hydrogens is 478 g/mol. The molecule has 0 bridgehead atoms. The molecule has 3 rings (SSSR count). The molecule has 1 aromatic heterocycles. The summed E-state index contributed by atoms with van der Waals surface area (Å²) in [5, 5.41) is 17.8. The minimum absolute atomic E-state index is 0.0839. The van der Waals surface area contributed by atoms with Gasteiger partial charge in [0.1, 0.15) is 18.1 Å². The van der Waals surface area contributed by atoms with E-state index in [9.17, 15) is 29.1 Å². The lowest BCUT2D eigenvalue weighted by Gasteiger charge is -2.37. The number of aromatic nitrogens is 1. The molecule has 1 saturated carbocycles. The molecule has 2 fully saturated rings. The van der Waals surface area contributed by atoms with Crippen molar-refractivity contribution in [3.63, 3.8) is 0 Å². The molecule has 4 N–H and O–H groups in total. The zero-order chi connectivity index (χ0) is 27.9. The Kier molecular flexibility index (Phi) is 7.67. The number of nitrogens with zero attached hydrogens (tertiary/aromatic N) is 2. The number of hydrogen-bond donors (Lipinski definition) is 4. The van der Waals surface area contributed by atoms with Crippen LogP contribution >= 0.6 is 0 Å². The van der Waals surface area contributed by atoms with Crippen LogP contribution in [0.1, 0.15) is 47.1 Å². The van der Waals surface area contributed by atoms with E-state index in [0.29, 0.717) is 6.54 Å². The molecule has 0 spiro atoms. The van der Waals surface area contributed by atoms with Gasteiger partial charge in [-0.1, -0.05) is 40.7 Å². The number of hydrogen-bond acceptors (Lipinski definition) is 7. The summed E-state index contributed by atoms with van der Waals surface area (Å²) in [5.74, 6) is -3.43. The number of likely N-dealkylation sites (N-methyl/N-ethyl adjacent to an activating group) is 1. The number of carbonyl (C=O) groups excluding carboxylic acids is 5. The molecule has 0 aromatic carbocycles. The van der Waals surface area contributed by atoms with Crippen molar-refractivity contribution < 1.29 is 29.1 Å². The van der Waals surface area contributed by atoms with E-state index >= 15 is 0 Å². The second-order valence-corrected chi connectivity index (χ2v) is 11.6. The predicted molar refractivity (Wildman–Crippen MR) is 134 cm³/mol. The number of pyridine rings is 1. The molecule has 11 nitrogen and oxygen atoms in total. The summed E-state index contributed by atoms with van der Waals surface area (Å²) < 4.78 is 0. The third-order valence-electron chi connectivity index (χ3n) is 7.60. The first-order valence-electron chi connectivity index (χ1n) is 12.4. The van der Waals surface area contributed by atoms with Gasteiger partial charge in [0.2, 0.25) is 29.4 Å². The van der Waals surface area contributed by atoms with E-state index in [4.69, 9.17) is 0 Å². The van der Waals surface area contributed by atoms with E-state index in [1.807, 2.05) is 34.6 Å². The summed E-state index contributed by atoms with van der Waals surface area (Å²) in [6.45, 7) is 11.2. The Hall–Kier alpha value is -3.50. The van der Waals surface area contributed by atoms with Crippen LogP contribution in [-0.2, 0) is 30.4 Å². The van der Waals surface area contributed by atoms with Crippen LogP contribution in [0, 0.1) is 22.7 Å². The summed E-state index contributed by atoms with van der Waals surface area (Å²) in [4.78, 5) is 69.6. The molecule has 2 heterocycles. The van der Waals surface area contributed by atoms with Crippen LogP contribution in [0.4, 0.5) is 0 Å². The maximum Gasteiger partial charge on any atom is 0.289 e. The van der Waals surface area contributed by atoms with Gasteiger partial charge in [-0.3, -0.25) is 24.0 Å². The van der Waals surface area contributed by atoms with Gasteiger partial charge in [-0.2, -0.15) is 0 Å². The summed E-state index contributed by atoms with van der Waals surface area (Å²) in [6.07, 6.45) is 1.22. The molecule has 4 amide bonds. The van der Waals surface area contributed by atoms with Gasteiger partial charge in [0.25, 0.3) is 5.91 Å². The fraction of sp³-hybridized carbons (Fsp3) is 0.615. The second kappa shape index (κ2) is 10.1. The number of amides is 4. The third-order valence-corrected chi connectivity index (χ3v) is 7.60. The van der Waals surface area contributed by atoms with Crippen molar-refractivity contribution in [3.8, 4) is 5.88 Å². The number of likely N-dealkylation sites (tertiary alicyclic amines) is 1. The first-order valence-corrected chi connectivity index (χ1v) is 12.4. The molecular formula is C26H37N5O6. The van der Waals surface area contributed by atoms with Gasteiger partial charge >= 0.3 is 0 Å². The molecule has 1 aliphatic heterocycles. The SMILES string of the molecule is CNC(=O)C(=O)[C@H](Cc1cccnc1O)NC(=O)[C@@H]1[C@@H]2[C@H](CN1C(=O)[C@@H](NC(C)=O)C(C)(C)C)C2(C)C. The molecule has 5 atom stereocenters. The van der Waals surface area contributed by atoms with E-state index < -0.39 is 41.1 Å². The number of piperidine rings is 1. The molecule has 2 aliphatic rings. The summed E-state index contributed by atoms with van der Waals surface area (Å²) in [5.41, 5.74) is -0.513. The molecule has 0 radical (unpaired) electrons. The molecule has 202 valence electrons. The van der Waals surface area contributed by atoms with Gasteiger partial charge < -0.3 is 26.0 Å². The first kappa shape index (κ1) is 28.1. The fourth-order valence-electron chi connectivity index (χ4n) is 5.39. The van der Waals surface area contributed by atoms with Gasteiger partial charge in [-0.05, 0) is 28.7 Å². The Balaban J connectivity index is 1.91. The highest BCUT2D eigenvalue weighted by Gasteiger charge is 2.69. The minimum Gasteiger partial charge on any atom is -0.493 e. The zero-order valence-corrected chi connectivity index (χ0v) is 22.4. The zero-order valence-electron chi connectivity index (χ0n) is 22.4. The van der Waals surface area contributed by atoms with Crippen LogP contribution in [0.5, 0.6) is 5.88 Å². The molecule has 1 aliphatic carbocycles. The Morgan fingerprint density at radius 3 is 2.38 bits per heavy atom. The summed E-state index contributed by atoms with van der Waals surface area (Å²) in [6, 6.07) is 0.104. The van der Waals surface area contributed by atoms with E-state index in [0.717, 1.165) is 0 Å². The molecule has 37 heavy (non-hydrogen) atoms. The van der Waals surface area contributed by atoms with Crippen LogP contribution < -0.4 is 16.0 Å². The predicted octanol–water partition coefficient (Wildman–Crippen LogP) is 0.163. The molecule has 1 aromatic rings. The smallest absolute Gasteiger partial charge is 0.289 e. The number of rotatable bonds is 8. The number of ketones is 1. The summed E-state index contributed by atoms with van der Waals surface area (Å²) in [7, 11) is 1.31. The van der Waals surface area contributed by atoms with Crippen molar-refractivity contribution in [2.75, 3.05) is 13.6 Å². The van der Waals surface area contributed by atoms with Gasteiger partial charge in [-0.15, -0.1) is 0 Å². The molecule has 1 saturated heterocycles. The topological polar surface area (TPSA) is 158 Å². The van der Waals surface area contributed by atoms with E-state index in [1.165, 1.54) is 25.1 Å². The lowest BCUT2D eigenvalue weighted by Crippen LogP contribution is -2.60. The van der Waals surface area contributed by atoms with Crippen molar-refractivity contribution in [1.82, 2.24) is 25.8 Å². The van der Waals surface area contributed by atoms with Gasteiger partial charge in [0.05, 0.1) is 0 Å². The van der Waals surface area contributed by atoms with Crippen LogP contribution in [0.3, 0.4) is 0 Å². The third kappa shape index (κ3) is 5.60. The lowest BCUT2D eigenvalue weighted by atomic mass is 9.85. The second-order valence-electron chi connectivity index (χ2n) is 11.6. The van der Waals surface area contributed by atoms with E-state index in [1.54, 1.807) is 12.1 Å². The number of aromatic hydroxyl groups is 1. The largest absolute Gasteiger partial charge is 0.493 e. The van der Waals surface area contributed by atoms with Crippen LogP contribution in [0.15, 0.2) is 18.3 Å². The van der Waals surface area contributed by atoms with E-state index in [-0.39, 0.29) is 46.9 Å². The average molecular weight is 516 g/mol. The van der Waals surface area contributed by atoms with Crippen molar-refractivity contribution in [2.45, 2.75) is 66.1 Å². The normalized spacial score (nSPS) is 23.3. The van der Waals surface area contributed by atoms with Gasteiger partial charge in [0, 0.05) is 38.7 Å². The number of carbonyl (C=O) groups is 5. The van der Waals surface area contributed by atoms with Gasteiger partial charge in [-0.25, -0.2) is 4.98 Å². The quantitative estimate of drug-likeness (QED) is 0.359. The summed E-state index contributed by atoms with van der Waals surface area (Å²) >= 11 is 0. The highest BCUT2D eigenvalue weighted by molar-refractivity contribution is 6.38. The van der Waals surface area contributed by atoms with Crippen LogP contribution in [0.2, 0.25) is 0 Å². The monoisotopic (exact) mass is 515 g/mol. The van der Waals surface area contributed by atoms with Crippen molar-refractivity contribution in [1.29, 1.82) is 0 Å². The first-order chi connectivity index (χ1) is 17.1. The highest BCUT2D eigenvalue weighted by atomic mass is 16.3. The van der Waals surface area contributed by atoms with Crippen molar-refractivity contribution in [3.05, 3.63) is 23.9 Å². The van der Waals surface area contributed by atoms with Crippen LogP contribution in [0.25, 0.3) is 0 Å².